The zero-order valence-corrected chi connectivity index (χ0v) is 22.9. The number of likely N-dealkylation sites (N-methyl/N-ethyl adjacent to an activating group) is 1. The normalized spacial score (nSPS) is 14.6. The molecule has 9 heteroatoms. The maximum absolute atomic E-state index is 13.9. The van der Waals surface area contributed by atoms with Crippen molar-refractivity contribution in [2.75, 3.05) is 50.6 Å². The number of methoxy groups -OCH3 is 1. The minimum Gasteiger partial charge on any atom is -0.494 e. The number of nitrogens with zero attached hydrogens (tertiary/aromatic N) is 4. The van der Waals surface area contributed by atoms with Crippen molar-refractivity contribution in [3.05, 3.63) is 71.9 Å². The van der Waals surface area contributed by atoms with Crippen LogP contribution in [0.1, 0.15) is 31.3 Å². The molecule has 1 aliphatic rings. The Bertz CT molecular complexity index is 1510. The fraction of sp³-hybridized carbons (Fsp3) is 0.333. The largest absolute Gasteiger partial charge is 0.494 e. The Balaban J connectivity index is 1.51. The Hall–Kier alpha value is -3.98. The lowest BCUT2D eigenvalue weighted by Crippen LogP contribution is -2.44. The average Bonchev–Trinajstić information content (AvgIpc) is 3.28. The first-order valence-electron chi connectivity index (χ1n) is 13.0. The summed E-state index contributed by atoms with van der Waals surface area (Å²) in [6.07, 6.45) is 0. The first-order valence-corrected chi connectivity index (χ1v) is 13.0. The number of aromatic nitrogens is 2. The molecule has 1 N–H and O–H groups in total. The van der Waals surface area contributed by atoms with E-state index >= 15 is 0 Å². The second-order valence-electron chi connectivity index (χ2n) is 11.0. The van der Waals surface area contributed by atoms with Gasteiger partial charge in [0.15, 0.2) is 5.69 Å². The van der Waals surface area contributed by atoms with Gasteiger partial charge in [-0.05, 0) is 75.3 Å². The van der Waals surface area contributed by atoms with Gasteiger partial charge in [0.2, 0.25) is 0 Å². The number of hydrogen-bond acceptors (Lipinski definition) is 5. The van der Waals surface area contributed by atoms with Crippen LogP contribution in [-0.4, -0.2) is 60.9 Å². The molecule has 0 aliphatic carbocycles. The van der Waals surface area contributed by atoms with E-state index in [0.717, 1.165) is 43.4 Å². The number of hydrogen-bond donors (Lipinski definition) is 1. The molecule has 0 saturated carbocycles. The van der Waals surface area contributed by atoms with E-state index in [1.807, 2.05) is 45.0 Å². The van der Waals surface area contributed by atoms with Crippen LogP contribution in [-0.2, 0) is 5.54 Å². The third-order valence-electron chi connectivity index (χ3n) is 7.03. The number of nitrogens with one attached hydrogen (secondary N) is 1. The van der Waals surface area contributed by atoms with E-state index in [-0.39, 0.29) is 5.69 Å². The third kappa shape index (κ3) is 5.45. The van der Waals surface area contributed by atoms with E-state index < -0.39 is 23.1 Å². The summed E-state index contributed by atoms with van der Waals surface area (Å²) in [4.78, 5) is 18.2. The van der Waals surface area contributed by atoms with Gasteiger partial charge < -0.3 is 19.9 Å². The van der Waals surface area contributed by atoms with Crippen molar-refractivity contribution in [1.29, 1.82) is 0 Å². The molecule has 5 rings (SSSR count). The highest BCUT2D eigenvalue weighted by atomic mass is 19.1. The zero-order chi connectivity index (χ0) is 27.9. The third-order valence-corrected chi connectivity index (χ3v) is 7.03. The number of amides is 1. The molecule has 3 aromatic carbocycles. The molecule has 0 radical (unpaired) electrons. The number of carbonyl (C=O) groups excluding carboxylic acids is 1. The van der Waals surface area contributed by atoms with E-state index in [1.165, 1.54) is 12.1 Å². The van der Waals surface area contributed by atoms with Gasteiger partial charge in [-0.2, -0.15) is 5.10 Å². The Kier molecular flexibility index (Phi) is 7.03. The van der Waals surface area contributed by atoms with Gasteiger partial charge in [0, 0.05) is 49.4 Å². The number of fused-ring (bicyclic) bond motifs is 1. The van der Waals surface area contributed by atoms with Crippen molar-refractivity contribution >= 4 is 28.2 Å². The molecule has 0 unspecified atom stereocenters. The monoisotopic (exact) mass is 533 g/mol. The molecule has 204 valence electrons. The van der Waals surface area contributed by atoms with E-state index in [1.54, 1.807) is 23.9 Å². The van der Waals surface area contributed by atoms with Crippen LogP contribution >= 0.6 is 0 Å². The van der Waals surface area contributed by atoms with Crippen LogP contribution in [0.3, 0.4) is 0 Å². The highest BCUT2D eigenvalue weighted by molar-refractivity contribution is 6.12. The van der Waals surface area contributed by atoms with Crippen LogP contribution in [0, 0.1) is 11.6 Å². The second kappa shape index (κ2) is 10.3. The molecule has 7 nitrogen and oxygen atoms in total. The van der Waals surface area contributed by atoms with Crippen molar-refractivity contribution in [2.45, 2.75) is 26.3 Å². The molecule has 39 heavy (non-hydrogen) atoms. The quantitative estimate of drug-likeness (QED) is 0.354. The summed E-state index contributed by atoms with van der Waals surface area (Å²) in [6, 6.07) is 14.5. The van der Waals surface area contributed by atoms with Gasteiger partial charge in [0.1, 0.15) is 17.4 Å². The minimum atomic E-state index is -0.666. The summed E-state index contributed by atoms with van der Waals surface area (Å²) in [5.41, 5.74) is 3.07. The van der Waals surface area contributed by atoms with Crippen LogP contribution in [0.25, 0.3) is 22.0 Å². The van der Waals surface area contributed by atoms with E-state index in [9.17, 15) is 13.6 Å². The lowest BCUT2D eigenvalue weighted by atomic mass is 10.0. The van der Waals surface area contributed by atoms with Crippen LogP contribution in [0.15, 0.2) is 54.6 Å². The molecule has 0 atom stereocenters. The van der Waals surface area contributed by atoms with Crippen molar-refractivity contribution in [3.63, 3.8) is 0 Å². The van der Waals surface area contributed by atoms with Crippen molar-refractivity contribution < 1.29 is 18.3 Å². The van der Waals surface area contributed by atoms with Gasteiger partial charge in [-0.25, -0.2) is 8.78 Å². The lowest BCUT2D eigenvalue weighted by molar-refractivity contribution is 0.102. The predicted octanol–water partition coefficient (Wildman–Crippen LogP) is 5.75. The van der Waals surface area contributed by atoms with Crippen LogP contribution in [0.5, 0.6) is 5.75 Å². The Morgan fingerprint density at radius 2 is 1.62 bits per heavy atom. The SMILES string of the molecule is COc1cc(N2CCN(C)CC2)ccc1NC(=O)c1nn(C(C)(C)C)c2ccc(-c3cc(F)cc(F)c3)cc12. The molecule has 0 bridgehead atoms. The molecule has 1 saturated heterocycles. The maximum atomic E-state index is 13.9. The van der Waals surface area contributed by atoms with Crippen LogP contribution in [0.2, 0.25) is 0 Å². The topological polar surface area (TPSA) is 62.6 Å². The molecular formula is C30H33F2N5O2. The molecule has 1 amide bonds. The molecule has 1 aliphatic heterocycles. The smallest absolute Gasteiger partial charge is 0.276 e. The highest BCUT2D eigenvalue weighted by Gasteiger charge is 2.25. The number of piperazine rings is 1. The van der Waals surface area contributed by atoms with Gasteiger partial charge in [-0.1, -0.05) is 6.07 Å². The summed E-state index contributed by atoms with van der Waals surface area (Å²) in [6.45, 7) is 9.78. The van der Waals surface area contributed by atoms with Gasteiger partial charge >= 0.3 is 0 Å². The summed E-state index contributed by atoms with van der Waals surface area (Å²) in [5, 5.41) is 8.23. The fourth-order valence-corrected chi connectivity index (χ4v) is 4.92. The van der Waals surface area contributed by atoms with Crippen molar-refractivity contribution in [3.8, 4) is 16.9 Å². The first-order chi connectivity index (χ1) is 18.5. The Morgan fingerprint density at radius 3 is 2.26 bits per heavy atom. The fourth-order valence-electron chi connectivity index (χ4n) is 4.92. The number of carbonyl (C=O) groups is 1. The van der Waals surface area contributed by atoms with Crippen molar-refractivity contribution in [2.24, 2.45) is 0 Å². The number of benzene rings is 3. The van der Waals surface area contributed by atoms with Gasteiger partial charge in [-0.15, -0.1) is 0 Å². The summed E-state index contributed by atoms with van der Waals surface area (Å²) in [7, 11) is 3.69. The minimum absolute atomic E-state index is 0.212. The predicted molar refractivity (Wildman–Crippen MR) is 151 cm³/mol. The standard InChI is InChI=1S/C30H33F2N5O2/c1-30(2,3)37-26-9-6-19(20-14-21(31)17-22(32)15-20)16-24(26)28(34-37)29(38)33-25-8-7-23(18-27(25)39-5)36-12-10-35(4)11-13-36/h6-9,14-18H,10-13H2,1-5H3,(H,33,38). The lowest BCUT2D eigenvalue weighted by Gasteiger charge is -2.34. The van der Waals surface area contributed by atoms with E-state index in [4.69, 9.17) is 4.74 Å². The summed E-state index contributed by atoms with van der Waals surface area (Å²) >= 11 is 0. The molecule has 4 aromatic rings. The van der Waals surface area contributed by atoms with Crippen LogP contribution in [0.4, 0.5) is 20.2 Å². The molecule has 1 aromatic heterocycles. The number of ether oxygens (including phenoxy) is 1. The average molecular weight is 534 g/mol. The summed E-state index contributed by atoms with van der Waals surface area (Å²) in [5.74, 6) is -1.19. The number of halogens is 2. The molecule has 2 heterocycles. The zero-order valence-electron chi connectivity index (χ0n) is 22.9. The van der Waals surface area contributed by atoms with Gasteiger partial charge in [0.05, 0.1) is 23.9 Å². The molecular weight excluding hydrogens is 500 g/mol. The summed E-state index contributed by atoms with van der Waals surface area (Å²) < 4.78 is 35.3. The maximum Gasteiger partial charge on any atom is 0.276 e. The second-order valence-corrected chi connectivity index (χ2v) is 11.0. The molecule has 0 spiro atoms. The number of rotatable bonds is 5. The number of anilines is 2. The Labute approximate surface area is 227 Å². The Morgan fingerprint density at radius 1 is 0.923 bits per heavy atom. The van der Waals surface area contributed by atoms with Gasteiger partial charge in [0.25, 0.3) is 5.91 Å². The van der Waals surface area contributed by atoms with E-state index in [2.05, 4.69) is 27.3 Å². The molecule has 1 fully saturated rings. The van der Waals surface area contributed by atoms with Crippen molar-refractivity contribution in [1.82, 2.24) is 14.7 Å². The van der Waals surface area contributed by atoms with E-state index in [0.29, 0.717) is 28.0 Å². The van der Waals surface area contributed by atoms with Gasteiger partial charge in [-0.3, -0.25) is 9.48 Å². The first kappa shape index (κ1) is 26.6. The van der Waals surface area contributed by atoms with Crippen LogP contribution < -0.4 is 15.0 Å². The highest BCUT2D eigenvalue weighted by Crippen LogP contribution is 2.33.